The molecule has 3 nitrogen and oxygen atoms in total. The molecule has 0 aliphatic carbocycles. The van der Waals surface area contributed by atoms with Crippen LogP contribution >= 0.6 is 46.6 Å². The van der Waals surface area contributed by atoms with Crippen LogP contribution in [-0.2, 0) is 17.8 Å². The van der Waals surface area contributed by atoms with E-state index in [0.717, 1.165) is 23.4 Å². The zero-order chi connectivity index (χ0) is 18.1. The van der Waals surface area contributed by atoms with Crippen LogP contribution in [0.1, 0.15) is 23.1 Å². The molecule has 0 saturated heterocycles. The van der Waals surface area contributed by atoms with Crippen LogP contribution in [0.4, 0.5) is 0 Å². The first kappa shape index (κ1) is 18.2. The van der Waals surface area contributed by atoms with Crippen molar-refractivity contribution in [3.8, 4) is 0 Å². The molecule has 0 unspecified atom stereocenters. The Hall–Kier alpha value is -1.17. The molecular formula is C19H15Cl3N2OS. The minimum Gasteiger partial charge on any atom is -0.368 e. The third-order valence-electron chi connectivity index (χ3n) is 4.31. The topological polar surface area (TPSA) is 37.9 Å². The van der Waals surface area contributed by atoms with E-state index in [1.54, 1.807) is 18.0 Å². The number of thioether (sulfide) groups is 1. The minimum atomic E-state index is -0.119. The fourth-order valence-electron chi connectivity index (χ4n) is 3.06. The largest absolute Gasteiger partial charge is 0.368 e. The van der Waals surface area contributed by atoms with Gasteiger partial charge in [0.25, 0.3) is 0 Å². The molecule has 1 N–H and O–H groups in total. The SMILES string of the molecule is Clc1ccc2c(c1)[C@H](OCc1c(Cl)cccc1Cl)[C@H](Cc1ncc[nH]1)S2. The minimum absolute atomic E-state index is 0.119. The van der Waals surface area contributed by atoms with E-state index in [4.69, 9.17) is 39.5 Å². The van der Waals surface area contributed by atoms with E-state index in [1.165, 1.54) is 4.90 Å². The van der Waals surface area contributed by atoms with Gasteiger partial charge < -0.3 is 9.72 Å². The number of fused-ring (bicyclic) bond motifs is 1. The van der Waals surface area contributed by atoms with Crippen LogP contribution < -0.4 is 0 Å². The highest BCUT2D eigenvalue weighted by Gasteiger charge is 2.35. The predicted molar refractivity (Wildman–Crippen MR) is 107 cm³/mol. The Morgan fingerprint density at radius 2 is 1.92 bits per heavy atom. The summed E-state index contributed by atoms with van der Waals surface area (Å²) in [5.74, 6) is 0.936. The van der Waals surface area contributed by atoms with Gasteiger partial charge in [-0.2, -0.15) is 0 Å². The molecule has 2 atom stereocenters. The Morgan fingerprint density at radius 3 is 2.65 bits per heavy atom. The van der Waals surface area contributed by atoms with Gasteiger partial charge in [-0.25, -0.2) is 4.98 Å². The van der Waals surface area contributed by atoms with Crippen molar-refractivity contribution in [2.75, 3.05) is 0 Å². The molecule has 1 aliphatic heterocycles. The molecule has 26 heavy (non-hydrogen) atoms. The average molecular weight is 426 g/mol. The van der Waals surface area contributed by atoms with Gasteiger partial charge in [0.15, 0.2) is 0 Å². The number of ether oxygens (including phenoxy) is 1. The van der Waals surface area contributed by atoms with Crippen LogP contribution in [0.2, 0.25) is 15.1 Å². The number of imidazole rings is 1. The normalized spacial score (nSPS) is 18.9. The first-order valence-corrected chi connectivity index (χ1v) is 10.1. The summed E-state index contributed by atoms with van der Waals surface area (Å²) in [6, 6.07) is 11.4. The maximum absolute atomic E-state index is 6.30. The molecule has 2 aromatic carbocycles. The summed E-state index contributed by atoms with van der Waals surface area (Å²) in [4.78, 5) is 8.70. The zero-order valence-electron chi connectivity index (χ0n) is 13.6. The molecule has 0 fully saturated rings. The van der Waals surface area contributed by atoms with Crippen molar-refractivity contribution < 1.29 is 4.74 Å². The van der Waals surface area contributed by atoms with Gasteiger partial charge in [0.2, 0.25) is 0 Å². The molecule has 0 spiro atoms. The number of H-pyrrole nitrogens is 1. The summed E-state index contributed by atoms with van der Waals surface area (Å²) in [6.45, 7) is 0.338. The number of hydrogen-bond acceptors (Lipinski definition) is 3. The van der Waals surface area contributed by atoms with E-state index in [1.807, 2.05) is 42.6 Å². The third kappa shape index (κ3) is 3.75. The number of aromatic nitrogens is 2. The van der Waals surface area contributed by atoms with Gasteiger partial charge >= 0.3 is 0 Å². The molecule has 7 heteroatoms. The molecule has 0 radical (unpaired) electrons. The van der Waals surface area contributed by atoms with Gasteiger partial charge in [-0.15, -0.1) is 11.8 Å². The molecule has 134 valence electrons. The number of benzene rings is 2. The second kappa shape index (κ2) is 7.83. The van der Waals surface area contributed by atoms with Gasteiger partial charge in [0, 0.05) is 49.6 Å². The van der Waals surface area contributed by atoms with E-state index in [0.29, 0.717) is 21.7 Å². The zero-order valence-corrected chi connectivity index (χ0v) is 16.7. The van der Waals surface area contributed by atoms with E-state index in [-0.39, 0.29) is 11.4 Å². The van der Waals surface area contributed by atoms with Gasteiger partial charge in [-0.05, 0) is 35.9 Å². The fraction of sp³-hybridized carbons (Fsp3) is 0.211. The van der Waals surface area contributed by atoms with Crippen LogP contribution in [-0.4, -0.2) is 15.2 Å². The summed E-state index contributed by atoms with van der Waals surface area (Å²) in [5.41, 5.74) is 1.90. The first-order valence-electron chi connectivity index (χ1n) is 8.10. The van der Waals surface area contributed by atoms with Gasteiger partial charge in [0.1, 0.15) is 5.82 Å². The number of hydrogen-bond donors (Lipinski definition) is 1. The molecular weight excluding hydrogens is 411 g/mol. The highest BCUT2D eigenvalue weighted by molar-refractivity contribution is 8.00. The molecule has 3 aromatic rings. The Labute approximate surface area is 171 Å². The molecule has 2 heterocycles. The number of aromatic amines is 1. The lowest BCUT2D eigenvalue weighted by atomic mass is 10.0. The first-order chi connectivity index (χ1) is 12.6. The number of rotatable bonds is 5. The summed E-state index contributed by atoms with van der Waals surface area (Å²) >= 11 is 20.6. The summed E-state index contributed by atoms with van der Waals surface area (Å²) in [6.07, 6.45) is 4.24. The molecule has 0 bridgehead atoms. The van der Waals surface area contributed by atoms with E-state index in [9.17, 15) is 0 Å². The summed E-state index contributed by atoms with van der Waals surface area (Å²) < 4.78 is 6.30. The van der Waals surface area contributed by atoms with E-state index in [2.05, 4.69) is 9.97 Å². The van der Waals surface area contributed by atoms with Crippen LogP contribution in [0.5, 0.6) is 0 Å². The number of halogens is 3. The van der Waals surface area contributed by atoms with Crippen molar-refractivity contribution in [1.29, 1.82) is 0 Å². The fourth-order valence-corrected chi connectivity index (χ4v) is 5.12. The van der Waals surface area contributed by atoms with Gasteiger partial charge in [-0.1, -0.05) is 40.9 Å². The Bertz CT molecular complexity index is 897. The van der Waals surface area contributed by atoms with Crippen molar-refractivity contribution >= 4 is 46.6 Å². The van der Waals surface area contributed by atoms with E-state index < -0.39 is 0 Å². The highest BCUT2D eigenvalue weighted by Crippen LogP contribution is 2.48. The maximum Gasteiger partial charge on any atom is 0.107 e. The molecule has 0 saturated carbocycles. The van der Waals surface area contributed by atoms with Crippen molar-refractivity contribution in [2.45, 2.75) is 29.3 Å². The monoisotopic (exact) mass is 424 g/mol. The number of nitrogens with one attached hydrogen (secondary N) is 1. The van der Waals surface area contributed by atoms with Crippen molar-refractivity contribution in [3.05, 3.63) is 80.8 Å². The van der Waals surface area contributed by atoms with Crippen molar-refractivity contribution in [3.63, 3.8) is 0 Å². The standard InChI is InChI=1S/C19H15Cl3N2OS/c20-11-4-5-16-12(8-11)19(17(26-16)9-18-23-6-7-24-18)25-10-13-14(21)2-1-3-15(13)22/h1-8,17,19H,9-10H2,(H,23,24)/t17-,19-/m0/s1. The summed E-state index contributed by atoms with van der Waals surface area (Å²) in [5, 5.41) is 2.11. The van der Waals surface area contributed by atoms with Crippen molar-refractivity contribution in [2.24, 2.45) is 0 Å². The lowest BCUT2D eigenvalue weighted by molar-refractivity contribution is 0.0392. The van der Waals surface area contributed by atoms with Crippen molar-refractivity contribution in [1.82, 2.24) is 9.97 Å². The van der Waals surface area contributed by atoms with Crippen LogP contribution in [0.3, 0.4) is 0 Å². The Kier molecular flexibility index (Phi) is 5.48. The molecule has 0 amide bonds. The van der Waals surface area contributed by atoms with E-state index >= 15 is 0 Å². The number of nitrogens with zero attached hydrogens (tertiary/aromatic N) is 1. The Morgan fingerprint density at radius 1 is 1.12 bits per heavy atom. The molecule has 1 aromatic heterocycles. The van der Waals surface area contributed by atoms with Crippen LogP contribution in [0, 0.1) is 0 Å². The Balaban J connectivity index is 1.60. The lowest BCUT2D eigenvalue weighted by Crippen LogP contribution is -2.17. The predicted octanol–water partition coefficient (Wildman–Crippen LogP) is 6.34. The average Bonchev–Trinajstić information content (AvgIpc) is 3.23. The molecule has 4 rings (SSSR count). The highest BCUT2D eigenvalue weighted by atomic mass is 35.5. The van der Waals surface area contributed by atoms with Gasteiger partial charge in [-0.3, -0.25) is 0 Å². The molecule has 1 aliphatic rings. The van der Waals surface area contributed by atoms with Crippen LogP contribution in [0.25, 0.3) is 0 Å². The van der Waals surface area contributed by atoms with Crippen LogP contribution in [0.15, 0.2) is 53.7 Å². The lowest BCUT2D eigenvalue weighted by Gasteiger charge is -2.20. The smallest absolute Gasteiger partial charge is 0.107 e. The van der Waals surface area contributed by atoms with Gasteiger partial charge in [0.05, 0.1) is 12.7 Å². The summed E-state index contributed by atoms with van der Waals surface area (Å²) in [7, 11) is 0. The maximum atomic E-state index is 6.30. The second-order valence-electron chi connectivity index (χ2n) is 6.01. The quantitative estimate of drug-likeness (QED) is 0.518. The third-order valence-corrected chi connectivity index (χ3v) is 6.60. The second-order valence-corrected chi connectivity index (χ2v) is 8.54.